The zero-order valence-electron chi connectivity index (χ0n) is 7.45. The first kappa shape index (κ1) is 10.3. The Morgan fingerprint density at radius 3 is 2.93 bits per heavy atom. The van der Waals surface area contributed by atoms with Gasteiger partial charge in [-0.2, -0.15) is 0 Å². The summed E-state index contributed by atoms with van der Waals surface area (Å²) in [6.45, 7) is 0. The molecule has 1 aliphatic carbocycles. The number of aromatic nitrogens is 2. The summed E-state index contributed by atoms with van der Waals surface area (Å²) in [5.74, 6) is 1.47. The van der Waals surface area contributed by atoms with Crippen LogP contribution in [0.15, 0.2) is 10.7 Å². The second kappa shape index (κ2) is 4.13. The lowest BCUT2D eigenvalue weighted by atomic mass is 10.2. The van der Waals surface area contributed by atoms with Gasteiger partial charge in [0.1, 0.15) is 11.9 Å². The summed E-state index contributed by atoms with van der Waals surface area (Å²) >= 11 is 8.87. The van der Waals surface area contributed by atoms with Gasteiger partial charge in [0.2, 0.25) is 0 Å². The van der Waals surface area contributed by atoms with Crippen LogP contribution < -0.4 is 0 Å². The lowest BCUT2D eigenvalue weighted by molar-refractivity contribution is 0.196. The molecule has 1 heterocycles. The first-order valence-electron chi connectivity index (χ1n) is 4.48. The molecule has 1 N–H and O–H groups in total. The predicted octanol–water partition coefficient (Wildman–Crippen LogP) is 2.39. The number of aliphatic hydroxyl groups excluding tert-OH is 1. The highest BCUT2D eigenvalue weighted by Crippen LogP contribution is 2.38. The van der Waals surface area contributed by atoms with Crippen molar-refractivity contribution in [3.8, 4) is 0 Å². The molecule has 3 nitrogen and oxygen atoms in total. The van der Waals surface area contributed by atoms with E-state index < -0.39 is 6.10 Å². The molecule has 1 aromatic rings. The van der Waals surface area contributed by atoms with E-state index in [1.807, 2.05) is 0 Å². The van der Waals surface area contributed by atoms with Gasteiger partial charge in [0.15, 0.2) is 0 Å². The quantitative estimate of drug-likeness (QED) is 0.863. The Balaban J connectivity index is 2.31. The Morgan fingerprint density at radius 2 is 2.36 bits per heavy atom. The summed E-state index contributed by atoms with van der Waals surface area (Å²) < 4.78 is 0.718. The minimum absolute atomic E-state index is 0.152. The molecule has 0 saturated heterocycles. The van der Waals surface area contributed by atoms with Crippen LogP contribution in [0.25, 0.3) is 0 Å². The normalized spacial score (nSPS) is 18.2. The molecule has 0 bridgehead atoms. The molecular formula is C9H10BrClN2O. The fraction of sp³-hybridized carbons (Fsp3) is 0.556. The van der Waals surface area contributed by atoms with Gasteiger partial charge in [-0.05, 0) is 28.8 Å². The minimum atomic E-state index is -0.716. The van der Waals surface area contributed by atoms with Crippen LogP contribution >= 0.6 is 27.5 Å². The van der Waals surface area contributed by atoms with E-state index in [1.54, 1.807) is 6.20 Å². The van der Waals surface area contributed by atoms with E-state index in [0.29, 0.717) is 11.6 Å². The largest absolute Gasteiger partial charge is 0.386 e. The summed E-state index contributed by atoms with van der Waals surface area (Å²) in [7, 11) is 0. The summed E-state index contributed by atoms with van der Waals surface area (Å²) in [6, 6.07) is 0. The van der Waals surface area contributed by atoms with Crippen molar-refractivity contribution >= 4 is 27.5 Å². The zero-order valence-corrected chi connectivity index (χ0v) is 9.79. The molecule has 0 amide bonds. The molecule has 1 fully saturated rings. The molecule has 1 atom stereocenters. The van der Waals surface area contributed by atoms with Gasteiger partial charge in [-0.3, -0.25) is 0 Å². The second-order valence-corrected chi connectivity index (χ2v) is 4.57. The van der Waals surface area contributed by atoms with E-state index in [9.17, 15) is 5.11 Å². The average Bonchev–Trinajstić information content (AvgIpc) is 3.01. The van der Waals surface area contributed by atoms with Crippen LogP contribution in [-0.2, 0) is 0 Å². The van der Waals surface area contributed by atoms with Gasteiger partial charge in [0.25, 0.3) is 0 Å². The molecule has 0 radical (unpaired) electrons. The first-order valence-corrected chi connectivity index (χ1v) is 5.81. The van der Waals surface area contributed by atoms with E-state index in [-0.39, 0.29) is 5.88 Å². The van der Waals surface area contributed by atoms with Crippen LogP contribution in [0.2, 0.25) is 0 Å². The van der Waals surface area contributed by atoms with E-state index in [2.05, 4.69) is 25.9 Å². The Labute approximate surface area is 95.7 Å². The predicted molar refractivity (Wildman–Crippen MR) is 57.4 cm³/mol. The van der Waals surface area contributed by atoms with Crippen molar-refractivity contribution in [1.29, 1.82) is 0 Å². The lowest BCUT2D eigenvalue weighted by Crippen LogP contribution is -2.06. The number of aliphatic hydroxyl groups is 1. The van der Waals surface area contributed by atoms with Gasteiger partial charge in [-0.25, -0.2) is 9.97 Å². The van der Waals surface area contributed by atoms with Crippen LogP contribution in [0.3, 0.4) is 0 Å². The standard InChI is InChI=1S/C9H10BrClN2O/c10-6-4-12-9(5-1-2-5)13-8(6)7(14)3-11/h4-5,7,14H,1-3H2. The van der Waals surface area contributed by atoms with Crippen LogP contribution in [0.5, 0.6) is 0 Å². The third-order valence-corrected chi connectivity index (χ3v) is 3.10. The van der Waals surface area contributed by atoms with Gasteiger partial charge in [-0.15, -0.1) is 11.6 Å². The monoisotopic (exact) mass is 276 g/mol. The minimum Gasteiger partial charge on any atom is -0.386 e. The van der Waals surface area contributed by atoms with Gasteiger partial charge in [-0.1, -0.05) is 0 Å². The van der Waals surface area contributed by atoms with Gasteiger partial charge < -0.3 is 5.11 Å². The maximum absolute atomic E-state index is 9.58. The Bertz CT molecular complexity index is 344. The average molecular weight is 278 g/mol. The summed E-state index contributed by atoms with van der Waals surface area (Å²) in [5.41, 5.74) is 0.594. The molecule has 1 saturated carbocycles. The van der Waals surface area contributed by atoms with Crippen molar-refractivity contribution in [1.82, 2.24) is 9.97 Å². The van der Waals surface area contributed by atoms with Crippen LogP contribution in [0, 0.1) is 0 Å². The van der Waals surface area contributed by atoms with Gasteiger partial charge >= 0.3 is 0 Å². The Morgan fingerprint density at radius 1 is 1.64 bits per heavy atom. The Kier molecular flexibility index (Phi) is 3.04. The highest BCUT2D eigenvalue weighted by Gasteiger charge is 2.27. The molecule has 1 aromatic heterocycles. The first-order chi connectivity index (χ1) is 6.72. The number of rotatable bonds is 3. The number of halogens is 2. The topological polar surface area (TPSA) is 46.0 Å². The molecule has 76 valence electrons. The van der Waals surface area contributed by atoms with Crippen molar-refractivity contribution < 1.29 is 5.11 Å². The molecule has 0 aliphatic heterocycles. The van der Waals surface area contributed by atoms with Crippen LogP contribution in [0.4, 0.5) is 0 Å². The fourth-order valence-electron chi connectivity index (χ4n) is 1.24. The number of nitrogens with zero attached hydrogens (tertiary/aromatic N) is 2. The van der Waals surface area contributed by atoms with Crippen molar-refractivity contribution in [3.63, 3.8) is 0 Å². The molecule has 1 unspecified atom stereocenters. The molecule has 14 heavy (non-hydrogen) atoms. The molecule has 0 aromatic carbocycles. The third-order valence-electron chi connectivity index (χ3n) is 2.19. The summed E-state index contributed by atoms with van der Waals surface area (Å²) in [5, 5.41) is 9.58. The third kappa shape index (κ3) is 2.07. The number of hydrogen-bond donors (Lipinski definition) is 1. The van der Waals surface area contributed by atoms with E-state index in [0.717, 1.165) is 23.1 Å². The maximum Gasteiger partial charge on any atom is 0.131 e. The second-order valence-electron chi connectivity index (χ2n) is 3.41. The van der Waals surface area contributed by atoms with Crippen molar-refractivity contribution in [3.05, 3.63) is 22.2 Å². The van der Waals surface area contributed by atoms with Crippen molar-refractivity contribution in [2.45, 2.75) is 24.9 Å². The summed E-state index contributed by atoms with van der Waals surface area (Å²) in [6.07, 6.45) is 3.27. The highest BCUT2D eigenvalue weighted by atomic mass is 79.9. The maximum atomic E-state index is 9.58. The number of alkyl halides is 1. The molecule has 2 rings (SSSR count). The molecule has 0 spiro atoms. The summed E-state index contributed by atoms with van der Waals surface area (Å²) in [4.78, 5) is 8.52. The molecule has 1 aliphatic rings. The van der Waals surface area contributed by atoms with Crippen LogP contribution in [0.1, 0.15) is 36.4 Å². The van der Waals surface area contributed by atoms with E-state index >= 15 is 0 Å². The zero-order chi connectivity index (χ0) is 10.1. The lowest BCUT2D eigenvalue weighted by Gasteiger charge is -2.09. The molecule has 5 heteroatoms. The molecular weight excluding hydrogens is 267 g/mol. The van der Waals surface area contributed by atoms with Crippen molar-refractivity contribution in [2.75, 3.05) is 5.88 Å². The highest BCUT2D eigenvalue weighted by molar-refractivity contribution is 9.10. The van der Waals surface area contributed by atoms with Gasteiger partial charge in [0.05, 0.1) is 16.0 Å². The Hall–Kier alpha value is -0.190. The van der Waals surface area contributed by atoms with E-state index in [4.69, 9.17) is 11.6 Å². The smallest absolute Gasteiger partial charge is 0.131 e. The SMILES string of the molecule is OC(CCl)c1nc(C2CC2)ncc1Br. The van der Waals surface area contributed by atoms with E-state index in [1.165, 1.54) is 0 Å². The van der Waals surface area contributed by atoms with Crippen molar-refractivity contribution in [2.24, 2.45) is 0 Å². The van der Waals surface area contributed by atoms with Gasteiger partial charge in [0, 0.05) is 12.1 Å². The number of hydrogen-bond acceptors (Lipinski definition) is 3. The fourth-order valence-corrected chi connectivity index (χ4v) is 1.84. The van der Waals surface area contributed by atoms with Crippen LogP contribution in [-0.4, -0.2) is 21.0 Å².